The van der Waals surface area contributed by atoms with E-state index in [1.807, 2.05) is 0 Å². The predicted molar refractivity (Wildman–Crippen MR) is 116 cm³/mol. The van der Waals surface area contributed by atoms with Crippen molar-refractivity contribution in [1.82, 2.24) is 0 Å². The number of aliphatic hydroxyl groups is 4. The third-order valence-corrected chi connectivity index (χ3v) is 10.6. The van der Waals surface area contributed by atoms with Gasteiger partial charge in [-0.1, -0.05) is 20.8 Å². The maximum Gasteiger partial charge on any atom is 0.305 e. The minimum Gasteiger partial charge on any atom is -0.469 e. The maximum atomic E-state index is 11.7. The van der Waals surface area contributed by atoms with E-state index in [4.69, 9.17) is 4.74 Å². The van der Waals surface area contributed by atoms with Crippen LogP contribution in [0.3, 0.4) is 0 Å². The first-order chi connectivity index (χ1) is 14.5. The molecule has 4 saturated carbocycles. The second-order valence-electron chi connectivity index (χ2n) is 11.8. The Morgan fingerprint density at radius 1 is 1.00 bits per heavy atom. The van der Waals surface area contributed by atoms with E-state index in [9.17, 15) is 25.2 Å². The summed E-state index contributed by atoms with van der Waals surface area (Å²) in [7, 11) is 1.42. The molecule has 31 heavy (non-hydrogen) atoms. The molecule has 178 valence electrons. The molecule has 0 bridgehead atoms. The summed E-state index contributed by atoms with van der Waals surface area (Å²) in [6, 6.07) is 0. The SMILES string of the molecule is COC(=O)CC[C@@H](C)[C@H]1CC[C@H]2[C@@H]3[C@H](O)C[C@@H]4C[C@H](O)[C@@H](O)C[C@]4(C)[C@H]3C[C@H](O)[C@]12C. The van der Waals surface area contributed by atoms with Gasteiger partial charge in [0.1, 0.15) is 0 Å². The van der Waals surface area contributed by atoms with Gasteiger partial charge in [0, 0.05) is 6.42 Å². The van der Waals surface area contributed by atoms with Crippen molar-refractivity contribution in [1.29, 1.82) is 0 Å². The normalized spacial score (nSPS) is 52.6. The first-order valence-corrected chi connectivity index (χ1v) is 12.3. The molecule has 0 aromatic rings. The molecule has 12 atom stereocenters. The molecule has 4 rings (SSSR count). The van der Waals surface area contributed by atoms with Gasteiger partial charge >= 0.3 is 5.97 Å². The number of methoxy groups -OCH3 is 1. The van der Waals surface area contributed by atoms with Crippen LogP contribution in [0.1, 0.15) is 72.1 Å². The number of fused-ring (bicyclic) bond motifs is 5. The molecule has 6 heteroatoms. The van der Waals surface area contributed by atoms with Crippen LogP contribution in [0.4, 0.5) is 0 Å². The molecule has 0 heterocycles. The van der Waals surface area contributed by atoms with E-state index in [1.165, 1.54) is 7.11 Å². The Balaban J connectivity index is 1.59. The molecule has 0 amide bonds. The van der Waals surface area contributed by atoms with E-state index in [1.54, 1.807) is 0 Å². The third-order valence-electron chi connectivity index (χ3n) is 10.6. The van der Waals surface area contributed by atoms with Gasteiger partial charge in [-0.25, -0.2) is 0 Å². The molecular weight excluding hydrogens is 396 g/mol. The lowest BCUT2D eigenvalue weighted by atomic mass is 9.43. The fraction of sp³-hybridized carbons (Fsp3) is 0.960. The van der Waals surface area contributed by atoms with E-state index in [0.29, 0.717) is 43.9 Å². The summed E-state index contributed by atoms with van der Waals surface area (Å²) >= 11 is 0. The van der Waals surface area contributed by atoms with Crippen LogP contribution in [0.5, 0.6) is 0 Å². The fourth-order valence-corrected chi connectivity index (χ4v) is 8.82. The minimum absolute atomic E-state index is 0.120. The van der Waals surface area contributed by atoms with Crippen molar-refractivity contribution in [3.8, 4) is 0 Å². The summed E-state index contributed by atoms with van der Waals surface area (Å²) in [5, 5.41) is 43.6. The van der Waals surface area contributed by atoms with E-state index >= 15 is 0 Å². The summed E-state index contributed by atoms with van der Waals surface area (Å²) in [5.41, 5.74) is -0.437. The molecule has 0 unspecified atom stereocenters. The van der Waals surface area contributed by atoms with Crippen molar-refractivity contribution >= 4 is 5.97 Å². The minimum atomic E-state index is -0.725. The van der Waals surface area contributed by atoms with Gasteiger partial charge in [-0.3, -0.25) is 4.79 Å². The molecule has 4 aliphatic carbocycles. The lowest BCUT2D eigenvalue weighted by Crippen LogP contribution is -2.63. The topological polar surface area (TPSA) is 107 Å². The van der Waals surface area contributed by atoms with Gasteiger partial charge in [-0.2, -0.15) is 0 Å². The van der Waals surface area contributed by atoms with Crippen LogP contribution in [-0.2, 0) is 9.53 Å². The van der Waals surface area contributed by atoms with Crippen molar-refractivity contribution in [3.05, 3.63) is 0 Å². The first-order valence-electron chi connectivity index (χ1n) is 12.3. The lowest BCUT2D eigenvalue weighted by Gasteiger charge is -2.64. The molecule has 0 aromatic heterocycles. The van der Waals surface area contributed by atoms with Gasteiger partial charge in [0.15, 0.2) is 0 Å². The van der Waals surface area contributed by atoms with Crippen molar-refractivity contribution in [3.63, 3.8) is 0 Å². The van der Waals surface area contributed by atoms with Crippen molar-refractivity contribution in [2.45, 2.75) is 96.6 Å². The van der Waals surface area contributed by atoms with E-state index in [-0.39, 0.29) is 40.5 Å². The fourth-order valence-electron chi connectivity index (χ4n) is 8.82. The van der Waals surface area contributed by atoms with Gasteiger partial charge in [-0.05, 0) is 91.3 Å². The molecule has 0 aromatic carbocycles. The third kappa shape index (κ3) is 3.56. The summed E-state index contributed by atoms with van der Waals surface area (Å²) in [4.78, 5) is 11.7. The number of rotatable bonds is 4. The molecule has 0 aliphatic heterocycles. The van der Waals surface area contributed by atoms with Crippen LogP contribution in [0.2, 0.25) is 0 Å². The number of esters is 1. The van der Waals surface area contributed by atoms with Crippen molar-refractivity contribution < 1.29 is 30.0 Å². The molecule has 0 radical (unpaired) electrons. The highest BCUT2D eigenvalue weighted by molar-refractivity contribution is 5.69. The zero-order valence-electron chi connectivity index (χ0n) is 19.5. The average molecular weight is 439 g/mol. The molecule has 4 fully saturated rings. The number of ether oxygens (including phenoxy) is 1. The summed E-state index contributed by atoms with van der Waals surface area (Å²) < 4.78 is 4.82. The number of carbonyl (C=O) groups excluding carboxylic acids is 1. The number of hydrogen-bond donors (Lipinski definition) is 4. The number of hydrogen-bond acceptors (Lipinski definition) is 6. The molecular formula is C25H42O6. The molecule has 0 spiro atoms. The monoisotopic (exact) mass is 438 g/mol. The lowest BCUT2D eigenvalue weighted by molar-refractivity contribution is -0.219. The van der Waals surface area contributed by atoms with Crippen molar-refractivity contribution in [2.24, 2.45) is 46.3 Å². The van der Waals surface area contributed by atoms with Gasteiger partial charge in [-0.15, -0.1) is 0 Å². The molecule has 4 aliphatic rings. The highest BCUT2D eigenvalue weighted by Crippen LogP contribution is 2.68. The standard InChI is InChI=1S/C25H42O6/c1-13(5-8-22(30)31-4)15-6-7-16-23-17(11-21(29)25(15,16)3)24(2)12-20(28)18(26)9-14(24)10-19(23)27/h13-21,23,26-29H,5-12H2,1-4H3/t13-,14+,15-,16+,17+,18+,19-,20+,21+,23+,24+,25-/m1/s1. The zero-order valence-corrected chi connectivity index (χ0v) is 19.5. The zero-order chi connectivity index (χ0) is 22.7. The van der Waals surface area contributed by atoms with Gasteiger partial charge in [0.25, 0.3) is 0 Å². The highest BCUT2D eigenvalue weighted by atomic mass is 16.5. The van der Waals surface area contributed by atoms with Gasteiger partial charge in [0.05, 0.1) is 31.5 Å². The molecule has 4 N–H and O–H groups in total. The Kier molecular flexibility index (Phi) is 6.26. The first kappa shape index (κ1) is 23.5. The number of aliphatic hydroxyl groups excluding tert-OH is 4. The van der Waals surface area contributed by atoms with Gasteiger partial charge in [0.2, 0.25) is 0 Å². The van der Waals surface area contributed by atoms with E-state index in [2.05, 4.69) is 20.8 Å². The Morgan fingerprint density at radius 3 is 2.35 bits per heavy atom. The average Bonchev–Trinajstić information content (AvgIpc) is 3.07. The molecule has 6 nitrogen and oxygen atoms in total. The Bertz CT molecular complexity index is 683. The highest BCUT2D eigenvalue weighted by Gasteiger charge is 2.66. The second-order valence-corrected chi connectivity index (χ2v) is 11.8. The molecule has 0 saturated heterocycles. The van der Waals surface area contributed by atoms with Crippen LogP contribution >= 0.6 is 0 Å². The van der Waals surface area contributed by atoms with E-state index < -0.39 is 24.4 Å². The Morgan fingerprint density at radius 2 is 1.68 bits per heavy atom. The Labute approximate surface area is 186 Å². The Hall–Kier alpha value is -0.690. The van der Waals surface area contributed by atoms with Crippen LogP contribution in [-0.4, -0.2) is 57.9 Å². The van der Waals surface area contributed by atoms with Crippen LogP contribution in [0.25, 0.3) is 0 Å². The predicted octanol–water partition coefficient (Wildman–Crippen LogP) is 2.51. The largest absolute Gasteiger partial charge is 0.469 e. The van der Waals surface area contributed by atoms with Crippen molar-refractivity contribution in [2.75, 3.05) is 7.11 Å². The summed E-state index contributed by atoms with van der Waals surface area (Å²) in [5.74, 6) is 1.12. The van der Waals surface area contributed by atoms with E-state index in [0.717, 1.165) is 19.3 Å². The number of carbonyl (C=O) groups is 1. The smallest absolute Gasteiger partial charge is 0.305 e. The van der Waals surface area contributed by atoms with Crippen LogP contribution in [0, 0.1) is 46.3 Å². The summed E-state index contributed by atoms with van der Waals surface area (Å²) in [6.07, 6.45) is 3.23. The summed E-state index contributed by atoms with van der Waals surface area (Å²) in [6.45, 7) is 6.62. The quantitative estimate of drug-likeness (QED) is 0.503. The van der Waals surface area contributed by atoms with Crippen LogP contribution in [0.15, 0.2) is 0 Å². The van der Waals surface area contributed by atoms with Crippen LogP contribution < -0.4 is 0 Å². The van der Waals surface area contributed by atoms with Gasteiger partial charge < -0.3 is 25.2 Å². The second kappa shape index (κ2) is 8.27. The maximum absolute atomic E-state index is 11.7.